The molecule has 11 nitrogen and oxygen atoms in total. The second-order valence-electron chi connectivity index (χ2n) is 6.07. The highest BCUT2D eigenvalue weighted by Gasteiger charge is 2.23. The van der Waals surface area contributed by atoms with Gasteiger partial charge in [-0.05, 0) is 48.5 Å². The van der Waals surface area contributed by atoms with Crippen LogP contribution in [0.2, 0.25) is 0 Å². The predicted octanol–water partition coefficient (Wildman–Crippen LogP) is 3.53. The lowest BCUT2D eigenvalue weighted by Crippen LogP contribution is -2.07. The van der Waals surface area contributed by atoms with Gasteiger partial charge < -0.3 is 21.1 Å². The van der Waals surface area contributed by atoms with Crippen molar-refractivity contribution in [3.63, 3.8) is 0 Å². The van der Waals surface area contributed by atoms with E-state index in [1.54, 1.807) is 24.3 Å². The molecule has 0 aliphatic heterocycles. The summed E-state index contributed by atoms with van der Waals surface area (Å²) >= 11 is 0. The monoisotopic (exact) mass is 408 g/mol. The van der Waals surface area contributed by atoms with E-state index < -0.39 is 10.9 Å². The summed E-state index contributed by atoms with van der Waals surface area (Å²) in [4.78, 5) is 41.0. The van der Waals surface area contributed by atoms with E-state index in [1.165, 1.54) is 31.2 Å². The van der Waals surface area contributed by atoms with Crippen LogP contribution < -0.4 is 16.0 Å². The van der Waals surface area contributed by atoms with Crippen LogP contribution in [0.3, 0.4) is 0 Å². The number of hydrogen-bond acceptors (Lipinski definition) is 8. The van der Waals surface area contributed by atoms with Gasteiger partial charge in [0.2, 0.25) is 17.5 Å². The largest absolute Gasteiger partial charge is 0.478 e. The molecule has 11 heteroatoms. The van der Waals surface area contributed by atoms with Crippen molar-refractivity contribution in [1.82, 2.24) is 9.97 Å². The van der Waals surface area contributed by atoms with Gasteiger partial charge in [-0.25, -0.2) is 14.8 Å². The molecule has 0 saturated heterocycles. The number of carboxylic acids is 1. The number of aromatic nitrogens is 2. The van der Waals surface area contributed by atoms with E-state index in [4.69, 9.17) is 5.11 Å². The van der Waals surface area contributed by atoms with Crippen LogP contribution in [0.25, 0.3) is 0 Å². The van der Waals surface area contributed by atoms with Crippen molar-refractivity contribution in [2.24, 2.45) is 0 Å². The standard InChI is InChI=1S/C19H16N6O5/c1-11(26)22-13-6-8-15(9-7-13)24-18-16(25(29)30)17(20-10-21-18)23-14-4-2-12(3-5-14)19(27)28/h2-10H,1H3,(H,22,26)(H,27,28)(H2,20,21,23,24). The molecule has 1 aromatic heterocycles. The van der Waals surface area contributed by atoms with E-state index in [9.17, 15) is 19.7 Å². The Morgan fingerprint density at radius 1 is 0.900 bits per heavy atom. The maximum Gasteiger partial charge on any atom is 0.353 e. The average molecular weight is 408 g/mol. The summed E-state index contributed by atoms with van der Waals surface area (Å²) in [5.41, 5.74) is 1.22. The number of benzene rings is 2. The van der Waals surface area contributed by atoms with Crippen molar-refractivity contribution in [2.45, 2.75) is 6.92 Å². The Hall–Kier alpha value is -4.54. The minimum absolute atomic E-state index is 0.0352. The van der Waals surface area contributed by atoms with Crippen molar-refractivity contribution in [3.8, 4) is 0 Å². The van der Waals surface area contributed by atoms with Crippen molar-refractivity contribution in [2.75, 3.05) is 16.0 Å². The SMILES string of the molecule is CC(=O)Nc1ccc(Nc2ncnc(Nc3ccc(C(=O)O)cc3)c2[N+](=O)[O-])cc1. The van der Waals surface area contributed by atoms with Crippen LogP contribution in [0.1, 0.15) is 17.3 Å². The van der Waals surface area contributed by atoms with Gasteiger partial charge >= 0.3 is 11.7 Å². The van der Waals surface area contributed by atoms with Crippen LogP contribution in [-0.2, 0) is 4.79 Å². The Balaban J connectivity index is 1.86. The number of carboxylic acid groups (broad SMARTS) is 1. The van der Waals surface area contributed by atoms with Gasteiger partial charge in [-0.2, -0.15) is 0 Å². The van der Waals surface area contributed by atoms with Gasteiger partial charge in [0.05, 0.1) is 10.5 Å². The molecule has 0 radical (unpaired) electrons. The summed E-state index contributed by atoms with van der Waals surface area (Å²) in [5.74, 6) is -1.39. The van der Waals surface area contributed by atoms with Crippen LogP contribution >= 0.6 is 0 Å². The van der Waals surface area contributed by atoms with E-state index in [1.807, 2.05) is 0 Å². The highest BCUT2D eigenvalue weighted by Crippen LogP contribution is 2.33. The van der Waals surface area contributed by atoms with Crippen LogP contribution in [0, 0.1) is 10.1 Å². The number of anilines is 5. The number of nitro groups is 1. The number of hydrogen-bond donors (Lipinski definition) is 4. The van der Waals surface area contributed by atoms with Crippen molar-refractivity contribution >= 4 is 46.3 Å². The van der Waals surface area contributed by atoms with Crippen LogP contribution in [0.5, 0.6) is 0 Å². The van der Waals surface area contributed by atoms with Gasteiger partial charge in [-0.3, -0.25) is 14.9 Å². The van der Waals surface area contributed by atoms with Gasteiger partial charge in [-0.1, -0.05) is 0 Å². The highest BCUT2D eigenvalue weighted by molar-refractivity contribution is 5.89. The molecule has 0 atom stereocenters. The Morgan fingerprint density at radius 2 is 1.37 bits per heavy atom. The molecule has 3 rings (SSSR count). The van der Waals surface area contributed by atoms with Crippen molar-refractivity contribution in [3.05, 3.63) is 70.5 Å². The van der Waals surface area contributed by atoms with Gasteiger partial charge in [-0.15, -0.1) is 0 Å². The maximum absolute atomic E-state index is 11.7. The minimum atomic E-state index is -1.08. The Morgan fingerprint density at radius 3 is 1.80 bits per heavy atom. The Bertz CT molecular complexity index is 1100. The topological polar surface area (TPSA) is 159 Å². The lowest BCUT2D eigenvalue weighted by Gasteiger charge is -2.11. The maximum atomic E-state index is 11.7. The molecule has 0 fully saturated rings. The number of amides is 1. The summed E-state index contributed by atoms with van der Waals surface area (Å²) < 4.78 is 0. The third-order valence-electron chi connectivity index (χ3n) is 3.87. The Labute approximate surface area is 169 Å². The van der Waals surface area contributed by atoms with Gasteiger partial charge in [0, 0.05) is 24.0 Å². The third-order valence-corrected chi connectivity index (χ3v) is 3.87. The number of nitrogens with one attached hydrogen (secondary N) is 3. The molecular weight excluding hydrogens is 392 g/mol. The first-order valence-corrected chi connectivity index (χ1v) is 8.58. The molecule has 0 unspecified atom stereocenters. The molecular formula is C19H16N6O5. The zero-order chi connectivity index (χ0) is 21.7. The van der Waals surface area contributed by atoms with Crippen molar-refractivity contribution < 1.29 is 19.6 Å². The van der Waals surface area contributed by atoms with Crippen LogP contribution in [-0.4, -0.2) is 31.9 Å². The molecule has 3 aromatic rings. The summed E-state index contributed by atoms with van der Waals surface area (Å²) in [6.45, 7) is 1.39. The number of rotatable bonds is 7. The van der Waals surface area contributed by atoms with Crippen LogP contribution in [0.15, 0.2) is 54.9 Å². The first-order chi connectivity index (χ1) is 14.3. The van der Waals surface area contributed by atoms with Gasteiger partial charge in [0.1, 0.15) is 6.33 Å². The van der Waals surface area contributed by atoms with E-state index in [0.717, 1.165) is 6.33 Å². The fourth-order valence-corrected chi connectivity index (χ4v) is 2.54. The van der Waals surface area contributed by atoms with E-state index >= 15 is 0 Å². The fourth-order valence-electron chi connectivity index (χ4n) is 2.54. The predicted molar refractivity (Wildman–Crippen MR) is 109 cm³/mol. The molecule has 0 aliphatic rings. The third kappa shape index (κ3) is 4.84. The summed E-state index contributed by atoms with van der Waals surface area (Å²) in [6, 6.07) is 12.2. The zero-order valence-electron chi connectivity index (χ0n) is 15.6. The summed E-state index contributed by atoms with van der Waals surface area (Å²) in [7, 11) is 0. The number of nitrogens with zero attached hydrogens (tertiary/aromatic N) is 3. The van der Waals surface area contributed by atoms with Crippen molar-refractivity contribution in [1.29, 1.82) is 0 Å². The minimum Gasteiger partial charge on any atom is -0.478 e. The molecule has 4 N–H and O–H groups in total. The first-order valence-electron chi connectivity index (χ1n) is 8.58. The van der Waals surface area contributed by atoms with Gasteiger partial charge in [0.15, 0.2) is 0 Å². The molecule has 0 bridgehead atoms. The second kappa shape index (κ2) is 8.65. The Kier molecular flexibility index (Phi) is 5.82. The number of carbonyl (C=O) groups excluding carboxylic acids is 1. The highest BCUT2D eigenvalue weighted by atomic mass is 16.6. The molecule has 0 spiro atoms. The second-order valence-corrected chi connectivity index (χ2v) is 6.07. The summed E-state index contributed by atoms with van der Waals surface area (Å²) in [5, 5.41) is 28.9. The normalized spacial score (nSPS) is 10.2. The van der Waals surface area contributed by atoms with E-state index in [2.05, 4.69) is 25.9 Å². The van der Waals surface area contributed by atoms with E-state index in [-0.39, 0.29) is 28.8 Å². The lowest BCUT2D eigenvalue weighted by atomic mass is 10.2. The quantitative estimate of drug-likeness (QED) is 0.339. The van der Waals surface area contributed by atoms with Crippen LogP contribution in [0.4, 0.5) is 34.4 Å². The lowest BCUT2D eigenvalue weighted by molar-refractivity contribution is -0.383. The molecule has 0 saturated carbocycles. The fraction of sp³-hybridized carbons (Fsp3) is 0.0526. The number of carbonyl (C=O) groups is 2. The molecule has 1 amide bonds. The molecule has 2 aromatic carbocycles. The zero-order valence-corrected chi connectivity index (χ0v) is 15.6. The smallest absolute Gasteiger partial charge is 0.353 e. The number of aromatic carboxylic acids is 1. The summed E-state index contributed by atoms with van der Waals surface area (Å²) in [6.07, 6.45) is 1.16. The molecule has 1 heterocycles. The molecule has 152 valence electrons. The van der Waals surface area contributed by atoms with Gasteiger partial charge in [0.25, 0.3) is 0 Å². The molecule has 30 heavy (non-hydrogen) atoms. The van der Waals surface area contributed by atoms with E-state index in [0.29, 0.717) is 17.1 Å². The average Bonchev–Trinajstić information content (AvgIpc) is 2.69. The first kappa shape index (κ1) is 20.2. The molecule has 0 aliphatic carbocycles.